The number of aryl methyl sites for hydroxylation is 2. The van der Waals surface area contributed by atoms with Gasteiger partial charge in [-0.2, -0.15) is 5.10 Å². The van der Waals surface area contributed by atoms with E-state index in [1.165, 1.54) is 6.07 Å². The first-order valence-electron chi connectivity index (χ1n) is 11.6. The zero-order valence-electron chi connectivity index (χ0n) is 19.8. The summed E-state index contributed by atoms with van der Waals surface area (Å²) >= 11 is 0. The van der Waals surface area contributed by atoms with E-state index in [4.69, 9.17) is 14.6 Å². The molecule has 0 radical (unpaired) electrons. The van der Waals surface area contributed by atoms with Crippen LogP contribution >= 0.6 is 0 Å². The number of hydrogen-bond acceptors (Lipinski definition) is 4. The molecular weight excluding hydrogens is 443 g/mol. The van der Waals surface area contributed by atoms with E-state index in [-0.39, 0.29) is 17.3 Å². The molecule has 0 aliphatic carbocycles. The number of carbonyl (C=O) groups excluding carboxylic acids is 1. The lowest BCUT2D eigenvalue weighted by atomic mass is 10.0. The quantitative estimate of drug-likeness (QED) is 0.296. The molecule has 5 rings (SSSR count). The van der Waals surface area contributed by atoms with Crippen LogP contribution in [0.2, 0.25) is 0 Å². The summed E-state index contributed by atoms with van der Waals surface area (Å²) < 4.78 is 27.9. The first-order chi connectivity index (χ1) is 16.9. The lowest BCUT2D eigenvalue weighted by Crippen LogP contribution is -1.99. The minimum Gasteiger partial charge on any atom is -0.491 e. The van der Waals surface area contributed by atoms with Crippen LogP contribution in [0, 0.1) is 19.7 Å². The van der Waals surface area contributed by atoms with Gasteiger partial charge in [0, 0.05) is 17.3 Å². The molecule has 6 heteroatoms. The molecule has 2 heterocycles. The van der Waals surface area contributed by atoms with Crippen LogP contribution in [-0.2, 0) is 0 Å². The molecule has 0 bridgehead atoms. The Labute approximate surface area is 203 Å². The topological polar surface area (TPSA) is 53.4 Å². The van der Waals surface area contributed by atoms with Gasteiger partial charge in [-0.1, -0.05) is 25.1 Å². The van der Waals surface area contributed by atoms with Crippen LogP contribution in [0.5, 0.6) is 11.5 Å². The maximum absolute atomic E-state index is 14.8. The molecule has 1 aromatic heterocycles. The lowest BCUT2D eigenvalue weighted by Gasteiger charge is -2.07. The number of nitrogens with zero attached hydrogens (tertiary/aromatic N) is 2. The summed E-state index contributed by atoms with van der Waals surface area (Å²) in [7, 11) is 0. The smallest absolute Gasteiger partial charge is 0.231 e. The maximum Gasteiger partial charge on any atom is 0.231 e. The second-order valence-electron chi connectivity index (χ2n) is 8.58. The molecule has 0 saturated heterocycles. The maximum atomic E-state index is 14.8. The number of benzene rings is 3. The standard InChI is InChI=1S/C29H25FN2O3/c1-4-12-34-25-11-10-20(15-24(25)30)28-21(17-32(31-28)22-8-6-5-7-9-22)16-27-29(33)23-13-18(2)19(3)14-26(23)35-27/h5-11,13-17H,4,12H2,1-3H3/b27-16-. The van der Waals surface area contributed by atoms with Gasteiger partial charge in [-0.05, 0) is 79.9 Å². The molecule has 176 valence electrons. The number of fused-ring (bicyclic) bond motifs is 1. The van der Waals surface area contributed by atoms with Crippen molar-refractivity contribution in [3.05, 3.63) is 101 Å². The summed E-state index contributed by atoms with van der Waals surface area (Å²) in [5, 5.41) is 4.73. The monoisotopic (exact) mass is 468 g/mol. The highest BCUT2D eigenvalue weighted by molar-refractivity contribution is 6.14. The van der Waals surface area contributed by atoms with Gasteiger partial charge in [0.15, 0.2) is 17.3 Å². The normalized spacial score (nSPS) is 13.7. The summed E-state index contributed by atoms with van der Waals surface area (Å²) in [5.41, 5.74) is 5.20. The van der Waals surface area contributed by atoms with E-state index in [1.54, 1.807) is 22.9 Å². The number of aromatic nitrogens is 2. The van der Waals surface area contributed by atoms with Crippen molar-refractivity contribution in [2.24, 2.45) is 0 Å². The highest BCUT2D eigenvalue weighted by Crippen LogP contribution is 2.36. The van der Waals surface area contributed by atoms with Crippen LogP contribution < -0.4 is 9.47 Å². The average Bonchev–Trinajstić information content (AvgIpc) is 3.41. The number of rotatable bonds is 6. The molecule has 0 spiro atoms. The number of allylic oxidation sites excluding steroid dienone is 1. The minimum atomic E-state index is -0.463. The molecule has 0 saturated carbocycles. The van der Waals surface area contributed by atoms with Crippen molar-refractivity contribution in [3.8, 4) is 28.4 Å². The van der Waals surface area contributed by atoms with Crippen molar-refractivity contribution >= 4 is 11.9 Å². The number of halogens is 1. The number of carbonyl (C=O) groups is 1. The number of Topliss-reactive ketones (excluding diaryl/α,β-unsaturated/α-hetero) is 1. The van der Waals surface area contributed by atoms with E-state index >= 15 is 0 Å². The first kappa shape index (κ1) is 22.6. The van der Waals surface area contributed by atoms with Crippen LogP contribution in [-0.4, -0.2) is 22.2 Å². The minimum absolute atomic E-state index is 0.184. The van der Waals surface area contributed by atoms with Gasteiger partial charge in [0.1, 0.15) is 11.4 Å². The molecule has 4 aromatic rings. The van der Waals surface area contributed by atoms with Gasteiger partial charge in [-0.3, -0.25) is 4.79 Å². The molecule has 0 fully saturated rings. The predicted octanol–water partition coefficient (Wildman–Crippen LogP) is 6.70. The Balaban J connectivity index is 1.59. The van der Waals surface area contributed by atoms with Gasteiger partial charge in [-0.25, -0.2) is 9.07 Å². The molecule has 0 atom stereocenters. The second-order valence-corrected chi connectivity index (χ2v) is 8.58. The highest BCUT2D eigenvalue weighted by Gasteiger charge is 2.28. The van der Waals surface area contributed by atoms with Gasteiger partial charge >= 0.3 is 0 Å². The van der Waals surface area contributed by atoms with E-state index in [1.807, 2.05) is 69.4 Å². The number of ketones is 1. The molecule has 0 N–H and O–H groups in total. The van der Waals surface area contributed by atoms with E-state index in [0.717, 1.165) is 23.2 Å². The summed E-state index contributed by atoms with van der Waals surface area (Å²) in [5.74, 6) is 0.312. The molecule has 5 nitrogen and oxygen atoms in total. The van der Waals surface area contributed by atoms with Gasteiger partial charge in [0.05, 0.1) is 17.9 Å². The van der Waals surface area contributed by atoms with Crippen molar-refractivity contribution in [2.45, 2.75) is 27.2 Å². The van der Waals surface area contributed by atoms with Gasteiger partial charge in [-0.15, -0.1) is 0 Å². The van der Waals surface area contributed by atoms with Crippen molar-refractivity contribution in [1.29, 1.82) is 0 Å². The third-order valence-electron chi connectivity index (χ3n) is 6.00. The number of para-hydroxylation sites is 1. The fraction of sp³-hybridized carbons (Fsp3) is 0.172. The Morgan fingerprint density at radius 3 is 2.57 bits per heavy atom. The van der Waals surface area contributed by atoms with Crippen LogP contribution in [0.4, 0.5) is 4.39 Å². The van der Waals surface area contributed by atoms with Crippen molar-refractivity contribution in [2.75, 3.05) is 6.61 Å². The van der Waals surface area contributed by atoms with Gasteiger partial charge < -0.3 is 9.47 Å². The van der Waals surface area contributed by atoms with E-state index < -0.39 is 5.82 Å². The molecule has 0 amide bonds. The first-order valence-corrected chi connectivity index (χ1v) is 11.6. The largest absolute Gasteiger partial charge is 0.491 e. The van der Waals surface area contributed by atoms with Gasteiger partial charge in [0.25, 0.3) is 0 Å². The average molecular weight is 469 g/mol. The van der Waals surface area contributed by atoms with Crippen molar-refractivity contribution in [1.82, 2.24) is 9.78 Å². The molecule has 0 unspecified atom stereocenters. The van der Waals surface area contributed by atoms with Crippen LogP contribution in [0.25, 0.3) is 23.0 Å². The highest BCUT2D eigenvalue weighted by atomic mass is 19.1. The van der Waals surface area contributed by atoms with E-state index in [9.17, 15) is 9.18 Å². The second kappa shape index (κ2) is 9.22. The van der Waals surface area contributed by atoms with Crippen LogP contribution in [0.3, 0.4) is 0 Å². The zero-order chi connectivity index (χ0) is 24.5. The fourth-order valence-electron chi connectivity index (χ4n) is 3.99. The van der Waals surface area contributed by atoms with Gasteiger partial charge in [0.2, 0.25) is 5.78 Å². The van der Waals surface area contributed by atoms with Crippen LogP contribution in [0.1, 0.15) is 40.4 Å². The Bertz CT molecular complexity index is 1450. The Kier molecular flexibility index (Phi) is 5.95. The van der Waals surface area contributed by atoms with Crippen LogP contribution in [0.15, 0.2) is 72.6 Å². The summed E-state index contributed by atoms with van der Waals surface area (Å²) in [6.45, 7) is 6.36. The molecule has 35 heavy (non-hydrogen) atoms. The predicted molar refractivity (Wildman–Crippen MR) is 134 cm³/mol. The molecule has 1 aliphatic rings. The Morgan fingerprint density at radius 1 is 1.06 bits per heavy atom. The summed E-state index contributed by atoms with van der Waals surface area (Å²) in [4.78, 5) is 13.1. The molecular formula is C29H25FN2O3. The van der Waals surface area contributed by atoms with Crippen molar-refractivity contribution < 1.29 is 18.7 Å². The van der Waals surface area contributed by atoms with E-state index in [0.29, 0.717) is 34.7 Å². The third-order valence-corrected chi connectivity index (χ3v) is 6.00. The summed E-state index contributed by atoms with van der Waals surface area (Å²) in [6.07, 6.45) is 4.28. The SMILES string of the molecule is CCCOc1ccc(-c2nn(-c3ccccc3)cc2/C=C2\Oc3cc(C)c(C)cc3C2=O)cc1F. The summed E-state index contributed by atoms with van der Waals surface area (Å²) in [6, 6.07) is 18.1. The number of hydrogen-bond donors (Lipinski definition) is 0. The molecule has 1 aliphatic heterocycles. The Hall–Kier alpha value is -4.19. The number of ether oxygens (including phenoxy) is 2. The van der Waals surface area contributed by atoms with E-state index in [2.05, 4.69) is 0 Å². The lowest BCUT2D eigenvalue weighted by molar-refractivity contribution is 0.101. The zero-order valence-corrected chi connectivity index (χ0v) is 19.8. The third kappa shape index (κ3) is 4.35. The molecule has 3 aromatic carbocycles. The fourth-order valence-corrected chi connectivity index (χ4v) is 3.99. The Morgan fingerprint density at radius 2 is 1.83 bits per heavy atom. The van der Waals surface area contributed by atoms with Crippen molar-refractivity contribution in [3.63, 3.8) is 0 Å².